The molecule has 0 aliphatic carbocycles. The van der Waals surface area contributed by atoms with E-state index in [9.17, 15) is 28.1 Å². The second kappa shape index (κ2) is 7.75. The smallest absolute Gasteiger partial charge is 0.407 e. The van der Waals surface area contributed by atoms with Gasteiger partial charge in [-0.05, 0) is 17.2 Å². The number of hydrogen-bond donors (Lipinski definition) is 1. The fourth-order valence-corrected chi connectivity index (χ4v) is 4.56. The van der Waals surface area contributed by atoms with Crippen molar-refractivity contribution < 1.29 is 27.6 Å². The van der Waals surface area contributed by atoms with Crippen LogP contribution in [0.4, 0.5) is 13.2 Å². The molecule has 29 heavy (non-hydrogen) atoms. The maximum Gasteiger partial charge on any atom is 0.407 e. The average Bonchev–Trinajstić information content (AvgIpc) is 3.05. The molecule has 0 bridgehead atoms. The topological polar surface area (TPSA) is 81.5 Å². The van der Waals surface area contributed by atoms with Crippen LogP contribution in [0.3, 0.4) is 0 Å². The van der Waals surface area contributed by atoms with E-state index in [1.54, 1.807) is 18.2 Å². The first kappa shape index (κ1) is 21.3. The van der Waals surface area contributed by atoms with E-state index in [4.69, 9.17) is 0 Å². The average molecular weight is 473 g/mol. The number of alkyl halides is 3. The van der Waals surface area contributed by atoms with Crippen molar-refractivity contribution in [2.75, 3.05) is 7.11 Å². The van der Waals surface area contributed by atoms with E-state index in [-0.39, 0.29) is 11.1 Å². The summed E-state index contributed by atoms with van der Waals surface area (Å²) in [4.78, 5) is 23.6. The number of rotatable bonds is 4. The minimum Gasteiger partial charge on any atom is -0.468 e. The summed E-state index contributed by atoms with van der Waals surface area (Å²) in [7, 11) is 0.947. The van der Waals surface area contributed by atoms with Crippen LogP contribution in [-0.4, -0.2) is 36.3 Å². The Labute approximate surface area is 172 Å². The van der Waals surface area contributed by atoms with Gasteiger partial charge in [0.15, 0.2) is 5.41 Å². The highest BCUT2D eigenvalue weighted by molar-refractivity contribution is 9.10. The zero-order valence-electron chi connectivity index (χ0n) is 15.0. The summed E-state index contributed by atoms with van der Waals surface area (Å²) in [6.07, 6.45) is -5.13. The van der Waals surface area contributed by atoms with Crippen LogP contribution in [0.25, 0.3) is 0 Å². The Bertz CT molecular complexity index is 925. The predicted molar refractivity (Wildman–Crippen MR) is 101 cm³/mol. The molecule has 0 unspecified atom stereocenters. The van der Waals surface area contributed by atoms with E-state index in [0.29, 0.717) is 4.47 Å². The Morgan fingerprint density at radius 2 is 1.76 bits per heavy atom. The number of carbonyl (C=O) groups is 1. The van der Waals surface area contributed by atoms with Gasteiger partial charge in [0.05, 0.1) is 7.11 Å². The van der Waals surface area contributed by atoms with E-state index in [0.717, 1.165) is 19.2 Å². The zero-order chi connectivity index (χ0) is 21.4. The molecule has 1 N–H and O–H groups in total. The summed E-state index contributed by atoms with van der Waals surface area (Å²) in [6, 6.07) is 7.09. The third-order valence-electron chi connectivity index (χ3n) is 5.21. The number of nitrogens with zero attached hydrogens (tertiary/aromatic N) is 1. The fourth-order valence-electron chi connectivity index (χ4n) is 4.03. The molecule has 4 atom stereocenters. The third-order valence-corrected chi connectivity index (χ3v) is 5.93. The lowest BCUT2D eigenvalue weighted by molar-refractivity contribution is -0.545. The van der Waals surface area contributed by atoms with Gasteiger partial charge >= 0.3 is 12.1 Å². The van der Waals surface area contributed by atoms with Gasteiger partial charge in [-0.25, -0.2) is 0 Å². The normalized spacial score (nSPS) is 26.9. The Morgan fingerprint density at radius 3 is 2.28 bits per heavy atom. The highest BCUT2D eigenvalue weighted by Crippen LogP contribution is 2.55. The number of benzene rings is 2. The van der Waals surface area contributed by atoms with Gasteiger partial charge in [-0.2, -0.15) is 13.2 Å². The van der Waals surface area contributed by atoms with Crippen molar-refractivity contribution in [3.05, 3.63) is 80.3 Å². The summed E-state index contributed by atoms with van der Waals surface area (Å²) < 4.78 is 49.1. The maximum absolute atomic E-state index is 14.7. The van der Waals surface area contributed by atoms with Crippen molar-refractivity contribution in [2.45, 2.75) is 29.7 Å². The molecule has 1 aliphatic rings. The fraction of sp³-hybridized carbons (Fsp3) is 0.316. The first-order valence-corrected chi connectivity index (χ1v) is 9.29. The summed E-state index contributed by atoms with van der Waals surface area (Å²) in [5.41, 5.74) is -3.28. The number of nitro groups is 1. The van der Waals surface area contributed by atoms with Gasteiger partial charge in [0.25, 0.3) is 6.04 Å². The largest absolute Gasteiger partial charge is 0.468 e. The maximum atomic E-state index is 14.7. The summed E-state index contributed by atoms with van der Waals surface area (Å²) in [6.45, 7) is 0. The van der Waals surface area contributed by atoms with Crippen LogP contribution >= 0.6 is 15.9 Å². The zero-order valence-corrected chi connectivity index (χ0v) is 16.6. The minimum atomic E-state index is -5.13. The van der Waals surface area contributed by atoms with Crippen molar-refractivity contribution in [2.24, 2.45) is 0 Å². The number of nitrogens with one attached hydrogen (secondary N) is 1. The van der Waals surface area contributed by atoms with Gasteiger partial charge in [0, 0.05) is 9.40 Å². The molecule has 2 aromatic carbocycles. The second-order valence-corrected chi connectivity index (χ2v) is 7.44. The SMILES string of the molecule is COC(=O)[C@@H]1N[C@H](c2ccccc2Br)[C@@H]([N+](=O)[O-])[C@]1(c1ccccc1)C(F)(F)F. The van der Waals surface area contributed by atoms with E-state index >= 15 is 0 Å². The Balaban J connectivity index is 2.36. The quantitative estimate of drug-likeness (QED) is 0.416. The minimum absolute atomic E-state index is 0.241. The lowest BCUT2D eigenvalue weighted by atomic mass is 9.69. The van der Waals surface area contributed by atoms with Crippen molar-refractivity contribution in [1.82, 2.24) is 5.32 Å². The molecule has 1 fully saturated rings. The number of hydrogen-bond acceptors (Lipinski definition) is 5. The molecule has 1 heterocycles. The molecule has 0 radical (unpaired) electrons. The second-order valence-electron chi connectivity index (χ2n) is 6.59. The van der Waals surface area contributed by atoms with Gasteiger partial charge in [0.1, 0.15) is 12.1 Å². The summed E-state index contributed by atoms with van der Waals surface area (Å²) in [5, 5.41) is 14.6. The van der Waals surface area contributed by atoms with Crippen LogP contribution in [0.2, 0.25) is 0 Å². The number of ether oxygens (including phenoxy) is 1. The summed E-state index contributed by atoms with van der Waals surface area (Å²) >= 11 is 3.24. The van der Waals surface area contributed by atoms with E-state index < -0.39 is 40.6 Å². The van der Waals surface area contributed by atoms with Crippen molar-refractivity contribution in [1.29, 1.82) is 0 Å². The number of halogens is 4. The molecule has 0 spiro atoms. The van der Waals surface area contributed by atoms with Crippen molar-refractivity contribution in [3.8, 4) is 0 Å². The number of esters is 1. The van der Waals surface area contributed by atoms with Crippen LogP contribution in [-0.2, 0) is 14.9 Å². The lowest BCUT2D eigenvalue weighted by Gasteiger charge is -2.36. The van der Waals surface area contributed by atoms with E-state index in [1.165, 1.54) is 24.3 Å². The van der Waals surface area contributed by atoms with Crippen molar-refractivity contribution >= 4 is 21.9 Å². The summed E-state index contributed by atoms with van der Waals surface area (Å²) in [5.74, 6) is -1.23. The van der Waals surface area contributed by atoms with Crippen LogP contribution in [0.15, 0.2) is 59.1 Å². The number of methoxy groups -OCH3 is 1. The molecule has 2 aromatic rings. The van der Waals surface area contributed by atoms with Gasteiger partial charge < -0.3 is 4.74 Å². The Morgan fingerprint density at radius 1 is 1.17 bits per heavy atom. The van der Waals surface area contributed by atoms with Crippen LogP contribution in [0, 0.1) is 10.1 Å². The van der Waals surface area contributed by atoms with Gasteiger partial charge in [-0.15, -0.1) is 0 Å². The molecule has 10 heteroatoms. The molecular formula is C19H16BrF3N2O4. The molecule has 6 nitrogen and oxygen atoms in total. The number of carbonyl (C=O) groups excluding carboxylic acids is 1. The molecule has 1 saturated heterocycles. The van der Waals surface area contributed by atoms with Crippen LogP contribution < -0.4 is 5.32 Å². The molecule has 0 saturated carbocycles. The molecule has 1 aliphatic heterocycles. The lowest BCUT2D eigenvalue weighted by Crippen LogP contribution is -2.61. The Kier molecular flexibility index (Phi) is 5.68. The van der Waals surface area contributed by atoms with E-state index in [1.807, 2.05) is 0 Å². The van der Waals surface area contributed by atoms with Gasteiger partial charge in [-0.3, -0.25) is 20.2 Å². The van der Waals surface area contributed by atoms with E-state index in [2.05, 4.69) is 26.0 Å². The van der Waals surface area contributed by atoms with Crippen molar-refractivity contribution in [3.63, 3.8) is 0 Å². The van der Waals surface area contributed by atoms with Crippen LogP contribution in [0.5, 0.6) is 0 Å². The van der Waals surface area contributed by atoms with Gasteiger partial charge in [-0.1, -0.05) is 64.5 Å². The molecule has 0 amide bonds. The molecule has 3 rings (SSSR count). The molecule has 0 aromatic heterocycles. The highest BCUT2D eigenvalue weighted by Gasteiger charge is 2.77. The molecule has 154 valence electrons. The third kappa shape index (κ3) is 3.29. The monoisotopic (exact) mass is 472 g/mol. The first-order chi connectivity index (χ1) is 13.7. The molecular weight excluding hydrogens is 457 g/mol. The van der Waals surface area contributed by atoms with Crippen LogP contribution in [0.1, 0.15) is 17.2 Å². The first-order valence-electron chi connectivity index (χ1n) is 8.50. The standard InChI is InChI=1S/C19H16BrF3N2O4/c1-29-17(26)15-18(19(21,22)23,11-7-3-2-4-8-11)16(25(27)28)14(24-15)12-9-5-6-10-13(12)20/h2-10,14-16,24H,1H3/t14-,15+,16-,18-/m1/s1. The highest BCUT2D eigenvalue weighted by atomic mass is 79.9. The van der Waals surface area contributed by atoms with Gasteiger partial charge in [0.2, 0.25) is 0 Å². The predicted octanol–water partition coefficient (Wildman–Crippen LogP) is 3.78. The Hall–Kier alpha value is -2.46.